The predicted octanol–water partition coefficient (Wildman–Crippen LogP) is 4.95. The maximum absolute atomic E-state index is 11.2. The minimum atomic E-state index is -0.669. The molecule has 4 fully saturated rings. The summed E-state index contributed by atoms with van der Waals surface area (Å²) in [5, 5.41) is 28.4. The second-order valence-electron chi connectivity index (χ2n) is 12.2. The molecule has 10 atom stereocenters. The standard InChI is InChI=1S/C26H41N3O3/c1-16(4-7-23(31)32)19-5-6-20-24-21(9-11-26(19,20)3)25(2)10-8-18(30)14-17(25)15-22(24)29-13-12-27-28-29/h12-13,16-22,24,30H,4-11,14-15H2,1-3H3,(H,31,32)/t16?,17-,18+,19+,20-,21-,22-,24-,25-,26+/m0/s1. The van der Waals surface area contributed by atoms with E-state index in [1.807, 2.05) is 6.20 Å². The average Bonchev–Trinajstić information content (AvgIpc) is 3.39. The van der Waals surface area contributed by atoms with E-state index >= 15 is 0 Å². The molecule has 0 aromatic carbocycles. The van der Waals surface area contributed by atoms with Crippen LogP contribution >= 0.6 is 0 Å². The minimum absolute atomic E-state index is 0.152. The molecule has 4 saturated carbocycles. The summed E-state index contributed by atoms with van der Waals surface area (Å²) in [5.74, 6) is 2.90. The summed E-state index contributed by atoms with van der Waals surface area (Å²) in [6, 6.07) is 0.364. The number of aliphatic hydroxyl groups is 1. The van der Waals surface area contributed by atoms with Gasteiger partial charge >= 0.3 is 5.97 Å². The first-order valence-corrected chi connectivity index (χ1v) is 13.0. The molecule has 1 unspecified atom stereocenters. The summed E-state index contributed by atoms with van der Waals surface area (Å²) in [6.45, 7) is 7.35. The van der Waals surface area contributed by atoms with Crippen molar-refractivity contribution in [1.29, 1.82) is 0 Å². The van der Waals surface area contributed by atoms with Crippen LogP contribution in [0.3, 0.4) is 0 Å². The van der Waals surface area contributed by atoms with Crippen LogP contribution in [0.2, 0.25) is 0 Å². The summed E-state index contributed by atoms with van der Waals surface area (Å²) < 4.78 is 2.14. The lowest BCUT2D eigenvalue weighted by molar-refractivity contribution is -0.151. The van der Waals surface area contributed by atoms with Crippen LogP contribution in [0.1, 0.15) is 91.0 Å². The molecular weight excluding hydrogens is 402 g/mol. The van der Waals surface area contributed by atoms with Crippen LogP contribution in [0.15, 0.2) is 12.4 Å². The topological polar surface area (TPSA) is 88.2 Å². The van der Waals surface area contributed by atoms with Crippen molar-refractivity contribution >= 4 is 5.97 Å². The van der Waals surface area contributed by atoms with Gasteiger partial charge in [0.1, 0.15) is 0 Å². The van der Waals surface area contributed by atoms with Crippen LogP contribution in [0.5, 0.6) is 0 Å². The van der Waals surface area contributed by atoms with Crippen molar-refractivity contribution < 1.29 is 15.0 Å². The molecular formula is C26H41N3O3. The number of aliphatic carboxylic acids is 1. The van der Waals surface area contributed by atoms with Crippen molar-refractivity contribution in [2.75, 3.05) is 0 Å². The Bertz CT molecular complexity index is 828. The highest BCUT2D eigenvalue weighted by Crippen LogP contribution is 2.70. The third-order valence-electron chi connectivity index (χ3n) is 11.0. The van der Waals surface area contributed by atoms with Gasteiger partial charge in [-0.25, -0.2) is 4.68 Å². The zero-order valence-corrected chi connectivity index (χ0v) is 20.0. The Kier molecular flexibility index (Phi) is 5.67. The second-order valence-corrected chi connectivity index (χ2v) is 12.2. The van der Waals surface area contributed by atoms with Crippen LogP contribution in [0.4, 0.5) is 0 Å². The lowest BCUT2D eigenvalue weighted by atomic mass is 9.43. The zero-order valence-electron chi connectivity index (χ0n) is 20.0. The maximum Gasteiger partial charge on any atom is 0.303 e. The maximum atomic E-state index is 11.2. The van der Waals surface area contributed by atoms with Crippen molar-refractivity contribution in [2.24, 2.45) is 46.3 Å². The second kappa shape index (κ2) is 8.11. The number of aliphatic hydroxyl groups excluding tert-OH is 1. The summed E-state index contributed by atoms with van der Waals surface area (Å²) >= 11 is 0. The van der Waals surface area contributed by atoms with Crippen molar-refractivity contribution in [1.82, 2.24) is 15.0 Å². The molecule has 0 saturated heterocycles. The molecule has 1 aromatic heterocycles. The number of hydrogen-bond acceptors (Lipinski definition) is 4. The van der Waals surface area contributed by atoms with Crippen LogP contribution in [0, 0.1) is 46.3 Å². The van der Waals surface area contributed by atoms with E-state index in [9.17, 15) is 15.0 Å². The van der Waals surface area contributed by atoms with E-state index in [-0.39, 0.29) is 17.9 Å². The highest BCUT2D eigenvalue weighted by atomic mass is 16.4. The number of carbonyl (C=O) groups is 1. The molecule has 2 N–H and O–H groups in total. The van der Waals surface area contributed by atoms with Gasteiger partial charge in [0.05, 0.1) is 18.3 Å². The summed E-state index contributed by atoms with van der Waals surface area (Å²) in [6.07, 6.45) is 13.9. The quantitative estimate of drug-likeness (QED) is 0.672. The molecule has 0 aliphatic heterocycles. The van der Waals surface area contributed by atoms with Crippen molar-refractivity contribution in [2.45, 2.75) is 97.1 Å². The molecule has 5 rings (SSSR count). The fourth-order valence-corrected chi connectivity index (χ4v) is 9.41. The van der Waals surface area contributed by atoms with E-state index in [0.717, 1.165) is 32.1 Å². The number of carboxylic acids is 1. The van der Waals surface area contributed by atoms with Gasteiger partial charge in [-0.05, 0) is 104 Å². The molecule has 178 valence electrons. The number of fused-ring (bicyclic) bond motifs is 5. The number of nitrogens with zero attached hydrogens (tertiary/aromatic N) is 3. The number of rotatable bonds is 5. The number of aromatic nitrogens is 3. The van der Waals surface area contributed by atoms with Crippen molar-refractivity contribution in [3.05, 3.63) is 12.4 Å². The third kappa shape index (κ3) is 3.43. The molecule has 1 heterocycles. The Morgan fingerprint density at radius 2 is 1.88 bits per heavy atom. The first-order chi connectivity index (χ1) is 15.2. The van der Waals surface area contributed by atoms with Gasteiger partial charge in [0.2, 0.25) is 0 Å². The molecule has 6 heteroatoms. The Morgan fingerprint density at radius 1 is 1.12 bits per heavy atom. The first-order valence-electron chi connectivity index (χ1n) is 13.0. The molecule has 1 aromatic rings. The number of carboxylic acid groups (broad SMARTS) is 1. The van der Waals surface area contributed by atoms with E-state index in [0.29, 0.717) is 47.0 Å². The van der Waals surface area contributed by atoms with E-state index < -0.39 is 5.97 Å². The molecule has 4 aliphatic carbocycles. The van der Waals surface area contributed by atoms with E-state index in [4.69, 9.17) is 0 Å². The molecule has 0 amide bonds. The molecule has 4 aliphatic rings. The monoisotopic (exact) mass is 443 g/mol. The van der Waals surface area contributed by atoms with Gasteiger partial charge in [-0.15, -0.1) is 5.10 Å². The highest BCUT2D eigenvalue weighted by molar-refractivity contribution is 5.66. The molecule has 0 spiro atoms. The fourth-order valence-electron chi connectivity index (χ4n) is 9.41. The van der Waals surface area contributed by atoms with Crippen molar-refractivity contribution in [3.63, 3.8) is 0 Å². The summed E-state index contributed by atoms with van der Waals surface area (Å²) in [4.78, 5) is 11.2. The lowest BCUT2D eigenvalue weighted by Crippen LogP contribution is -2.57. The Morgan fingerprint density at radius 3 is 2.59 bits per heavy atom. The fraction of sp³-hybridized carbons (Fsp3) is 0.885. The Balaban J connectivity index is 1.47. The lowest BCUT2D eigenvalue weighted by Gasteiger charge is -2.63. The molecule has 0 radical (unpaired) electrons. The van der Waals surface area contributed by atoms with E-state index in [2.05, 4.69) is 42.0 Å². The summed E-state index contributed by atoms with van der Waals surface area (Å²) in [5.41, 5.74) is 0.602. The largest absolute Gasteiger partial charge is 0.481 e. The van der Waals surface area contributed by atoms with Crippen LogP contribution in [-0.2, 0) is 4.79 Å². The van der Waals surface area contributed by atoms with Crippen molar-refractivity contribution in [3.8, 4) is 0 Å². The van der Waals surface area contributed by atoms with Gasteiger partial charge in [0.25, 0.3) is 0 Å². The zero-order chi connectivity index (χ0) is 22.7. The van der Waals surface area contributed by atoms with E-state index in [1.165, 1.54) is 25.7 Å². The van der Waals surface area contributed by atoms with Crippen LogP contribution in [0.25, 0.3) is 0 Å². The number of hydrogen-bond donors (Lipinski definition) is 2. The SMILES string of the molecule is CC(CCC(=O)O)[C@H]1CC[C@H]2[C@@H]3[C@@H](n4ccnn4)C[C@@H]4C[C@H](O)CC[C@]4(C)[C@H]3CC[C@]12C. The van der Waals surface area contributed by atoms with Gasteiger partial charge in [-0.2, -0.15) is 0 Å². The normalized spacial score (nSPS) is 46.7. The smallest absolute Gasteiger partial charge is 0.303 e. The van der Waals surface area contributed by atoms with E-state index in [1.54, 1.807) is 0 Å². The molecule has 32 heavy (non-hydrogen) atoms. The van der Waals surface area contributed by atoms with Gasteiger partial charge in [-0.1, -0.05) is 26.0 Å². The first kappa shape index (κ1) is 22.4. The Labute approximate surface area is 192 Å². The van der Waals surface area contributed by atoms with Gasteiger partial charge in [0.15, 0.2) is 0 Å². The molecule has 0 bridgehead atoms. The highest BCUT2D eigenvalue weighted by Gasteiger charge is 2.63. The predicted molar refractivity (Wildman–Crippen MR) is 122 cm³/mol. The Hall–Kier alpha value is -1.43. The molecule has 6 nitrogen and oxygen atoms in total. The van der Waals surface area contributed by atoms with Crippen LogP contribution < -0.4 is 0 Å². The van der Waals surface area contributed by atoms with Gasteiger partial charge in [-0.3, -0.25) is 4.79 Å². The summed E-state index contributed by atoms with van der Waals surface area (Å²) in [7, 11) is 0. The van der Waals surface area contributed by atoms with Crippen LogP contribution in [-0.4, -0.2) is 37.3 Å². The van der Waals surface area contributed by atoms with Gasteiger partial charge in [0, 0.05) is 12.6 Å². The van der Waals surface area contributed by atoms with Gasteiger partial charge < -0.3 is 10.2 Å². The average molecular weight is 444 g/mol. The third-order valence-corrected chi connectivity index (χ3v) is 11.0. The minimum Gasteiger partial charge on any atom is -0.481 e.